The van der Waals surface area contributed by atoms with Gasteiger partial charge in [-0.15, -0.1) is 0 Å². The predicted molar refractivity (Wildman–Crippen MR) is 115 cm³/mol. The number of carboxylic acids is 1. The fourth-order valence-corrected chi connectivity index (χ4v) is 4.44. The summed E-state index contributed by atoms with van der Waals surface area (Å²) in [6.07, 6.45) is 2.90. The van der Waals surface area contributed by atoms with E-state index in [1.165, 1.54) is 11.6 Å². The van der Waals surface area contributed by atoms with Crippen molar-refractivity contribution in [2.75, 3.05) is 6.61 Å². The molecule has 1 aliphatic rings. The van der Waals surface area contributed by atoms with E-state index in [4.69, 9.17) is 9.15 Å². The Labute approximate surface area is 180 Å². The van der Waals surface area contributed by atoms with Crippen LogP contribution in [0.15, 0.2) is 46.9 Å². The zero-order valence-electron chi connectivity index (χ0n) is 17.7. The van der Waals surface area contributed by atoms with Gasteiger partial charge >= 0.3 is 5.97 Å². The zero-order chi connectivity index (χ0) is 22.0. The first kappa shape index (κ1) is 21.1. The SMILES string of the molecule is CCC(C(=O)O)C1CCc2cc(OCCc3nc(-c4ccccc4F)oc3C)ccc21. The van der Waals surface area contributed by atoms with Crippen molar-refractivity contribution < 1.29 is 23.4 Å². The number of aryl methyl sites for hydroxylation is 2. The Bertz CT molecular complexity index is 1090. The normalized spacial score (nSPS) is 16.2. The van der Waals surface area contributed by atoms with E-state index in [-0.39, 0.29) is 23.5 Å². The minimum atomic E-state index is -0.724. The van der Waals surface area contributed by atoms with Gasteiger partial charge in [0.25, 0.3) is 0 Å². The van der Waals surface area contributed by atoms with Crippen molar-refractivity contribution in [2.45, 2.75) is 45.4 Å². The summed E-state index contributed by atoms with van der Waals surface area (Å²) >= 11 is 0. The maximum atomic E-state index is 14.0. The third-order valence-corrected chi connectivity index (χ3v) is 6.09. The van der Waals surface area contributed by atoms with E-state index in [1.54, 1.807) is 18.2 Å². The summed E-state index contributed by atoms with van der Waals surface area (Å²) in [4.78, 5) is 16.0. The van der Waals surface area contributed by atoms with Crippen LogP contribution in [0.3, 0.4) is 0 Å². The topological polar surface area (TPSA) is 72.6 Å². The van der Waals surface area contributed by atoms with Gasteiger partial charge in [-0.1, -0.05) is 25.1 Å². The standard InChI is InChI=1S/C25H26FNO4/c1-3-18(25(28)29)20-10-8-16-14-17(9-11-19(16)20)30-13-12-23-15(2)31-24(27-23)21-6-4-5-7-22(21)26/h4-7,9,11,14,18,20H,3,8,10,12-13H2,1-2H3,(H,28,29). The number of carboxylic acid groups (broad SMARTS) is 1. The minimum Gasteiger partial charge on any atom is -0.493 e. The van der Waals surface area contributed by atoms with E-state index < -0.39 is 5.97 Å². The third-order valence-electron chi connectivity index (χ3n) is 6.09. The molecule has 0 aliphatic heterocycles. The van der Waals surface area contributed by atoms with E-state index in [0.717, 1.165) is 29.8 Å². The highest BCUT2D eigenvalue weighted by Gasteiger charge is 2.33. The molecule has 1 N–H and O–H groups in total. The fourth-order valence-electron chi connectivity index (χ4n) is 4.44. The number of ether oxygens (including phenoxy) is 1. The Balaban J connectivity index is 1.40. The van der Waals surface area contributed by atoms with Gasteiger partial charge in [-0.3, -0.25) is 4.79 Å². The number of benzene rings is 2. The first-order valence-electron chi connectivity index (χ1n) is 10.7. The molecule has 0 saturated carbocycles. The first-order chi connectivity index (χ1) is 15.0. The Hall–Kier alpha value is -3.15. The van der Waals surface area contributed by atoms with E-state index >= 15 is 0 Å². The van der Waals surface area contributed by atoms with Crippen LogP contribution in [-0.2, 0) is 17.6 Å². The summed E-state index contributed by atoms with van der Waals surface area (Å²) in [7, 11) is 0. The van der Waals surface area contributed by atoms with Crippen LogP contribution < -0.4 is 4.74 Å². The lowest BCUT2D eigenvalue weighted by Crippen LogP contribution is -2.19. The molecule has 5 nitrogen and oxygen atoms in total. The molecule has 4 rings (SSSR count). The van der Waals surface area contributed by atoms with Crippen LogP contribution in [0, 0.1) is 18.7 Å². The van der Waals surface area contributed by atoms with Crippen LogP contribution in [0.25, 0.3) is 11.5 Å². The highest BCUT2D eigenvalue weighted by molar-refractivity contribution is 5.72. The third kappa shape index (κ3) is 4.33. The number of hydrogen-bond donors (Lipinski definition) is 1. The summed E-state index contributed by atoms with van der Waals surface area (Å²) in [6.45, 7) is 4.16. The quantitative estimate of drug-likeness (QED) is 0.514. The molecule has 2 atom stereocenters. The molecule has 0 fully saturated rings. The van der Waals surface area contributed by atoms with Gasteiger partial charge in [0.05, 0.1) is 23.8 Å². The average Bonchev–Trinajstić information content (AvgIpc) is 3.32. The Morgan fingerprint density at radius 2 is 2.13 bits per heavy atom. The van der Waals surface area contributed by atoms with Gasteiger partial charge < -0.3 is 14.3 Å². The highest BCUT2D eigenvalue weighted by Crippen LogP contribution is 2.41. The second-order valence-electron chi connectivity index (χ2n) is 7.96. The molecule has 2 aromatic carbocycles. The summed E-state index contributed by atoms with van der Waals surface area (Å²) in [5.41, 5.74) is 3.38. The van der Waals surface area contributed by atoms with Gasteiger partial charge in [0.1, 0.15) is 17.3 Å². The summed E-state index contributed by atoms with van der Waals surface area (Å²) in [5.74, 6) is 0.330. The van der Waals surface area contributed by atoms with Crippen molar-refractivity contribution in [3.8, 4) is 17.2 Å². The Morgan fingerprint density at radius 3 is 2.87 bits per heavy atom. The molecule has 0 amide bonds. The van der Waals surface area contributed by atoms with Crippen molar-refractivity contribution in [3.05, 3.63) is 70.9 Å². The first-order valence-corrected chi connectivity index (χ1v) is 10.7. The molecule has 0 bridgehead atoms. The van der Waals surface area contributed by atoms with Gasteiger partial charge in [0.2, 0.25) is 5.89 Å². The summed E-state index contributed by atoms with van der Waals surface area (Å²) in [5, 5.41) is 9.49. The minimum absolute atomic E-state index is 0.0705. The van der Waals surface area contributed by atoms with E-state index in [9.17, 15) is 14.3 Å². The number of aliphatic carboxylic acids is 1. The molecular weight excluding hydrogens is 397 g/mol. The van der Waals surface area contributed by atoms with E-state index in [1.807, 2.05) is 32.0 Å². The van der Waals surface area contributed by atoms with Gasteiger partial charge in [-0.2, -0.15) is 0 Å². The summed E-state index contributed by atoms with van der Waals surface area (Å²) < 4.78 is 25.6. The number of nitrogens with zero attached hydrogens (tertiary/aromatic N) is 1. The van der Waals surface area contributed by atoms with Gasteiger partial charge in [0, 0.05) is 6.42 Å². The monoisotopic (exact) mass is 423 g/mol. The Morgan fingerprint density at radius 1 is 1.32 bits per heavy atom. The second kappa shape index (κ2) is 8.92. The van der Waals surface area contributed by atoms with E-state index in [0.29, 0.717) is 30.8 Å². The van der Waals surface area contributed by atoms with E-state index in [2.05, 4.69) is 4.98 Å². The molecular formula is C25H26FNO4. The molecule has 1 aliphatic carbocycles. The Kier molecular flexibility index (Phi) is 6.07. The fraction of sp³-hybridized carbons (Fsp3) is 0.360. The molecule has 0 saturated heterocycles. The second-order valence-corrected chi connectivity index (χ2v) is 7.96. The van der Waals surface area contributed by atoms with Crippen LogP contribution in [0.4, 0.5) is 4.39 Å². The number of oxazole rings is 1. The molecule has 3 aromatic rings. The van der Waals surface area contributed by atoms with Crippen LogP contribution >= 0.6 is 0 Å². The molecule has 0 radical (unpaired) electrons. The number of carbonyl (C=O) groups is 1. The van der Waals surface area contributed by atoms with Gasteiger partial charge in [-0.25, -0.2) is 9.37 Å². The van der Waals surface area contributed by atoms with Crippen molar-refractivity contribution >= 4 is 5.97 Å². The number of halogens is 1. The maximum absolute atomic E-state index is 14.0. The average molecular weight is 423 g/mol. The molecule has 1 heterocycles. The van der Waals surface area contributed by atoms with Gasteiger partial charge in [0.15, 0.2) is 0 Å². The van der Waals surface area contributed by atoms with Crippen molar-refractivity contribution in [2.24, 2.45) is 5.92 Å². The van der Waals surface area contributed by atoms with Crippen molar-refractivity contribution in [1.82, 2.24) is 4.98 Å². The lowest BCUT2D eigenvalue weighted by atomic mass is 9.85. The summed E-state index contributed by atoms with van der Waals surface area (Å²) in [6, 6.07) is 12.3. The molecule has 1 aromatic heterocycles. The number of hydrogen-bond acceptors (Lipinski definition) is 4. The number of rotatable bonds is 8. The highest BCUT2D eigenvalue weighted by atomic mass is 19.1. The maximum Gasteiger partial charge on any atom is 0.307 e. The molecule has 2 unspecified atom stereocenters. The van der Waals surface area contributed by atoms with Crippen molar-refractivity contribution in [3.63, 3.8) is 0 Å². The number of aromatic nitrogens is 1. The van der Waals surface area contributed by atoms with Crippen LogP contribution in [0.5, 0.6) is 5.75 Å². The lowest BCUT2D eigenvalue weighted by Gasteiger charge is -2.19. The molecule has 6 heteroatoms. The lowest BCUT2D eigenvalue weighted by molar-refractivity contribution is -0.142. The largest absolute Gasteiger partial charge is 0.493 e. The molecule has 162 valence electrons. The van der Waals surface area contributed by atoms with Crippen LogP contribution in [0.2, 0.25) is 0 Å². The van der Waals surface area contributed by atoms with Crippen molar-refractivity contribution in [1.29, 1.82) is 0 Å². The zero-order valence-corrected chi connectivity index (χ0v) is 17.7. The number of fused-ring (bicyclic) bond motifs is 1. The smallest absolute Gasteiger partial charge is 0.307 e. The van der Waals surface area contributed by atoms with Crippen LogP contribution in [-0.4, -0.2) is 22.7 Å². The van der Waals surface area contributed by atoms with Crippen LogP contribution in [0.1, 0.15) is 48.3 Å². The van der Waals surface area contributed by atoms with Gasteiger partial charge in [-0.05, 0) is 67.5 Å². The molecule has 0 spiro atoms. The predicted octanol–water partition coefficient (Wildman–Crippen LogP) is 5.55. The molecule has 31 heavy (non-hydrogen) atoms.